The Balaban J connectivity index is 2.20. The molecule has 2 rings (SSSR count). The third-order valence-electron chi connectivity index (χ3n) is 3.10. The standard InChI is InChI=1S/C16H13Cl2F3O3/c1-2-14(23-15-12(17)7-10(22)8-13(15)18)9-3-5-11(6-4-9)24-16(19,20)21/h3-8,14,22H,2H2,1H3. The first-order chi connectivity index (χ1) is 11.2. The summed E-state index contributed by atoms with van der Waals surface area (Å²) in [4.78, 5) is 0. The zero-order valence-electron chi connectivity index (χ0n) is 12.4. The minimum atomic E-state index is -4.74. The van der Waals surface area contributed by atoms with Crippen LogP contribution < -0.4 is 9.47 Å². The maximum absolute atomic E-state index is 12.2. The van der Waals surface area contributed by atoms with Gasteiger partial charge in [0.15, 0.2) is 5.75 Å². The van der Waals surface area contributed by atoms with Crippen molar-refractivity contribution in [3.63, 3.8) is 0 Å². The van der Waals surface area contributed by atoms with Crippen LogP contribution in [0.4, 0.5) is 13.2 Å². The van der Waals surface area contributed by atoms with E-state index >= 15 is 0 Å². The topological polar surface area (TPSA) is 38.7 Å². The fourth-order valence-electron chi connectivity index (χ4n) is 2.07. The zero-order chi connectivity index (χ0) is 17.9. The number of rotatable bonds is 5. The van der Waals surface area contributed by atoms with Gasteiger partial charge in [0.05, 0.1) is 10.0 Å². The molecule has 0 aliphatic carbocycles. The van der Waals surface area contributed by atoms with Crippen LogP contribution in [-0.2, 0) is 0 Å². The highest BCUT2D eigenvalue weighted by Crippen LogP contribution is 2.39. The van der Waals surface area contributed by atoms with Crippen LogP contribution in [0.1, 0.15) is 25.0 Å². The van der Waals surface area contributed by atoms with Crippen LogP contribution in [0, 0.1) is 0 Å². The molecule has 3 nitrogen and oxygen atoms in total. The molecule has 0 fully saturated rings. The summed E-state index contributed by atoms with van der Waals surface area (Å²) >= 11 is 12.0. The lowest BCUT2D eigenvalue weighted by atomic mass is 10.1. The molecule has 0 saturated carbocycles. The van der Waals surface area contributed by atoms with E-state index in [2.05, 4.69) is 4.74 Å². The summed E-state index contributed by atoms with van der Waals surface area (Å²) < 4.78 is 46.1. The Morgan fingerprint density at radius 2 is 1.62 bits per heavy atom. The number of benzene rings is 2. The molecule has 8 heteroatoms. The fourth-order valence-corrected chi connectivity index (χ4v) is 2.64. The maximum atomic E-state index is 12.2. The Kier molecular flexibility index (Phi) is 5.72. The number of hydrogen-bond donors (Lipinski definition) is 1. The monoisotopic (exact) mass is 380 g/mol. The number of aromatic hydroxyl groups is 1. The maximum Gasteiger partial charge on any atom is 0.573 e. The van der Waals surface area contributed by atoms with E-state index in [9.17, 15) is 18.3 Å². The van der Waals surface area contributed by atoms with E-state index in [0.717, 1.165) is 0 Å². The number of alkyl halides is 3. The highest BCUT2D eigenvalue weighted by atomic mass is 35.5. The minimum Gasteiger partial charge on any atom is -0.508 e. The molecule has 0 saturated heterocycles. The van der Waals surface area contributed by atoms with Crippen LogP contribution in [0.15, 0.2) is 36.4 Å². The molecule has 0 spiro atoms. The van der Waals surface area contributed by atoms with Gasteiger partial charge in [-0.25, -0.2) is 0 Å². The fraction of sp³-hybridized carbons (Fsp3) is 0.250. The highest BCUT2D eigenvalue weighted by Gasteiger charge is 2.31. The molecule has 0 aliphatic rings. The average molecular weight is 381 g/mol. The number of ether oxygens (including phenoxy) is 2. The first-order valence-electron chi connectivity index (χ1n) is 6.90. The van der Waals surface area contributed by atoms with Crippen molar-refractivity contribution in [1.29, 1.82) is 0 Å². The Bertz CT molecular complexity index is 680. The molecule has 2 aromatic rings. The van der Waals surface area contributed by atoms with Gasteiger partial charge in [-0.3, -0.25) is 0 Å². The summed E-state index contributed by atoms with van der Waals surface area (Å²) in [5, 5.41) is 9.69. The summed E-state index contributed by atoms with van der Waals surface area (Å²) in [5.41, 5.74) is 0.632. The molecule has 24 heavy (non-hydrogen) atoms. The van der Waals surface area contributed by atoms with Crippen molar-refractivity contribution >= 4 is 23.2 Å². The Labute approximate surface area is 146 Å². The van der Waals surface area contributed by atoms with Gasteiger partial charge in [-0.2, -0.15) is 0 Å². The molecule has 0 heterocycles. The van der Waals surface area contributed by atoms with Crippen molar-refractivity contribution in [2.75, 3.05) is 0 Å². The van der Waals surface area contributed by atoms with Crippen molar-refractivity contribution in [1.82, 2.24) is 0 Å². The van der Waals surface area contributed by atoms with Crippen LogP contribution in [0.25, 0.3) is 0 Å². The zero-order valence-corrected chi connectivity index (χ0v) is 13.9. The molecular formula is C16H13Cl2F3O3. The third-order valence-corrected chi connectivity index (χ3v) is 3.66. The van der Waals surface area contributed by atoms with Gasteiger partial charge in [0.25, 0.3) is 0 Å². The molecule has 2 aromatic carbocycles. The van der Waals surface area contributed by atoms with E-state index in [1.54, 1.807) is 0 Å². The average Bonchev–Trinajstić information content (AvgIpc) is 2.46. The highest BCUT2D eigenvalue weighted by molar-refractivity contribution is 6.37. The van der Waals surface area contributed by atoms with Crippen LogP contribution in [0.3, 0.4) is 0 Å². The molecule has 1 unspecified atom stereocenters. The largest absolute Gasteiger partial charge is 0.573 e. The first kappa shape index (κ1) is 18.5. The van der Waals surface area contributed by atoms with Gasteiger partial charge in [-0.1, -0.05) is 42.3 Å². The molecule has 1 N–H and O–H groups in total. The lowest BCUT2D eigenvalue weighted by Gasteiger charge is -2.20. The lowest BCUT2D eigenvalue weighted by Crippen LogP contribution is -2.17. The molecule has 0 radical (unpaired) electrons. The van der Waals surface area contributed by atoms with Gasteiger partial charge in [0.2, 0.25) is 0 Å². The van der Waals surface area contributed by atoms with Crippen molar-refractivity contribution in [3.05, 3.63) is 52.0 Å². The number of phenolic OH excluding ortho intramolecular Hbond substituents is 1. The summed E-state index contributed by atoms with van der Waals surface area (Å²) in [6, 6.07) is 7.92. The molecule has 0 aromatic heterocycles. The quantitative estimate of drug-likeness (QED) is 0.678. The van der Waals surface area contributed by atoms with E-state index in [4.69, 9.17) is 27.9 Å². The molecule has 0 aliphatic heterocycles. The second-order valence-electron chi connectivity index (χ2n) is 4.87. The van der Waals surface area contributed by atoms with Crippen molar-refractivity contribution in [2.45, 2.75) is 25.8 Å². The van der Waals surface area contributed by atoms with Gasteiger partial charge >= 0.3 is 6.36 Å². The second-order valence-corrected chi connectivity index (χ2v) is 5.68. The van der Waals surface area contributed by atoms with E-state index < -0.39 is 12.5 Å². The van der Waals surface area contributed by atoms with Crippen molar-refractivity contribution in [2.24, 2.45) is 0 Å². The molecule has 130 valence electrons. The molecule has 1 atom stereocenters. The summed E-state index contributed by atoms with van der Waals surface area (Å²) in [7, 11) is 0. The van der Waals surface area contributed by atoms with E-state index in [0.29, 0.717) is 12.0 Å². The Morgan fingerprint density at radius 3 is 2.08 bits per heavy atom. The number of phenols is 1. The van der Waals surface area contributed by atoms with Crippen molar-refractivity contribution in [3.8, 4) is 17.2 Å². The predicted octanol–water partition coefficient (Wildman–Crippen LogP) is 6.13. The smallest absolute Gasteiger partial charge is 0.508 e. The molecular weight excluding hydrogens is 368 g/mol. The summed E-state index contributed by atoms with van der Waals surface area (Å²) in [5.74, 6) is -0.223. The van der Waals surface area contributed by atoms with Crippen LogP contribution >= 0.6 is 23.2 Å². The second kappa shape index (κ2) is 7.40. The Morgan fingerprint density at radius 1 is 1.08 bits per heavy atom. The molecule has 0 bridgehead atoms. The summed E-state index contributed by atoms with van der Waals surface area (Å²) in [6.45, 7) is 1.84. The van der Waals surface area contributed by atoms with Gasteiger partial charge in [-0.05, 0) is 24.1 Å². The number of halogens is 5. The normalized spacial score (nSPS) is 12.8. The molecule has 0 amide bonds. The van der Waals surface area contributed by atoms with Crippen LogP contribution in [0.2, 0.25) is 10.0 Å². The number of hydrogen-bond acceptors (Lipinski definition) is 3. The first-order valence-corrected chi connectivity index (χ1v) is 7.65. The third kappa shape index (κ3) is 4.85. The predicted molar refractivity (Wildman–Crippen MR) is 84.9 cm³/mol. The van der Waals surface area contributed by atoms with Gasteiger partial charge in [-0.15, -0.1) is 13.2 Å². The van der Waals surface area contributed by atoms with E-state index in [1.807, 2.05) is 6.92 Å². The SMILES string of the molecule is CCC(Oc1c(Cl)cc(O)cc1Cl)c1ccc(OC(F)(F)F)cc1. The van der Waals surface area contributed by atoms with Crippen LogP contribution in [0.5, 0.6) is 17.2 Å². The van der Waals surface area contributed by atoms with Crippen LogP contribution in [-0.4, -0.2) is 11.5 Å². The van der Waals surface area contributed by atoms with E-state index in [1.165, 1.54) is 36.4 Å². The van der Waals surface area contributed by atoms with E-state index in [-0.39, 0.29) is 27.3 Å². The summed E-state index contributed by atoms with van der Waals surface area (Å²) in [6.07, 6.45) is -4.70. The van der Waals surface area contributed by atoms with Gasteiger partial charge in [0, 0.05) is 12.1 Å². The lowest BCUT2D eigenvalue weighted by molar-refractivity contribution is -0.274. The van der Waals surface area contributed by atoms with Gasteiger partial charge < -0.3 is 14.6 Å². The van der Waals surface area contributed by atoms with Gasteiger partial charge in [0.1, 0.15) is 17.6 Å². The Hall–Kier alpha value is -1.79. The minimum absolute atomic E-state index is 0.0981. The van der Waals surface area contributed by atoms with Crippen molar-refractivity contribution < 1.29 is 27.8 Å².